The molecule has 0 atom stereocenters. The lowest BCUT2D eigenvalue weighted by atomic mass is 10.1. The molecule has 2 aliphatic rings. The summed E-state index contributed by atoms with van der Waals surface area (Å²) < 4.78 is 0. The number of rotatable bonds is 6. The van der Waals surface area contributed by atoms with Crippen molar-refractivity contribution in [3.8, 4) is 0 Å². The van der Waals surface area contributed by atoms with Crippen molar-refractivity contribution in [1.82, 2.24) is 19.6 Å². The second-order valence-corrected chi connectivity index (χ2v) is 7.00. The highest BCUT2D eigenvalue weighted by atomic mass is 16.2. The predicted molar refractivity (Wildman–Crippen MR) is 97.1 cm³/mol. The summed E-state index contributed by atoms with van der Waals surface area (Å²) in [4.78, 5) is 42.9. The van der Waals surface area contributed by atoms with E-state index in [0.29, 0.717) is 13.0 Å². The van der Waals surface area contributed by atoms with Crippen LogP contribution < -0.4 is 0 Å². The predicted octanol–water partition coefficient (Wildman–Crippen LogP) is 1.27. The van der Waals surface area contributed by atoms with Gasteiger partial charge in [0.1, 0.15) is 0 Å². The van der Waals surface area contributed by atoms with Crippen LogP contribution in [0.1, 0.15) is 24.5 Å². The van der Waals surface area contributed by atoms with Gasteiger partial charge < -0.3 is 0 Å². The third-order valence-corrected chi connectivity index (χ3v) is 4.88. The van der Waals surface area contributed by atoms with Gasteiger partial charge in [0.25, 0.3) is 0 Å². The zero-order valence-electron chi connectivity index (χ0n) is 15.5. The van der Waals surface area contributed by atoms with Crippen LogP contribution in [-0.4, -0.2) is 76.8 Å². The molecule has 0 aromatic heterocycles. The van der Waals surface area contributed by atoms with Crippen molar-refractivity contribution in [2.45, 2.75) is 26.8 Å². The van der Waals surface area contributed by atoms with Crippen LogP contribution in [0, 0.1) is 6.92 Å². The van der Waals surface area contributed by atoms with Gasteiger partial charge in [-0.3, -0.25) is 24.3 Å². The summed E-state index contributed by atoms with van der Waals surface area (Å²) in [6, 6.07) is 8.01. The van der Waals surface area contributed by atoms with Gasteiger partial charge in [0.05, 0.1) is 6.67 Å². The number of hydrogen-bond donors (Lipinski definition) is 0. The lowest BCUT2D eigenvalue weighted by Gasteiger charge is -2.35. The fourth-order valence-corrected chi connectivity index (χ4v) is 3.45. The fourth-order valence-electron chi connectivity index (χ4n) is 3.45. The Morgan fingerprint density at radius 1 is 0.923 bits per heavy atom. The molecule has 26 heavy (non-hydrogen) atoms. The lowest BCUT2D eigenvalue weighted by Crippen LogP contribution is -2.51. The van der Waals surface area contributed by atoms with Crippen molar-refractivity contribution in [2.24, 2.45) is 0 Å². The van der Waals surface area contributed by atoms with Crippen molar-refractivity contribution in [3.63, 3.8) is 0 Å². The van der Waals surface area contributed by atoms with Crippen LogP contribution in [0.2, 0.25) is 0 Å². The molecule has 1 aromatic carbocycles. The van der Waals surface area contributed by atoms with E-state index in [2.05, 4.69) is 41.0 Å². The van der Waals surface area contributed by atoms with Crippen molar-refractivity contribution in [3.05, 3.63) is 35.4 Å². The van der Waals surface area contributed by atoms with E-state index in [4.69, 9.17) is 0 Å². The number of carbonyl (C=O) groups excluding carboxylic acids is 3. The standard InChI is InChI=1S/C19H26N4O3/c1-3-7-22-17(24)18(25)23(19(22)26)14-21-10-8-20(9-11-21)13-16-6-4-5-15(2)12-16/h4-6,12H,3,7-11,13-14H2,1-2H3. The van der Waals surface area contributed by atoms with Crippen LogP contribution in [0.15, 0.2) is 24.3 Å². The van der Waals surface area contributed by atoms with Gasteiger partial charge in [-0.2, -0.15) is 0 Å². The summed E-state index contributed by atoms with van der Waals surface area (Å²) in [5.74, 6) is -1.40. The van der Waals surface area contributed by atoms with E-state index >= 15 is 0 Å². The molecular weight excluding hydrogens is 332 g/mol. The van der Waals surface area contributed by atoms with Gasteiger partial charge in [0.15, 0.2) is 0 Å². The Morgan fingerprint density at radius 3 is 2.23 bits per heavy atom. The molecule has 7 nitrogen and oxygen atoms in total. The molecule has 140 valence electrons. The first-order valence-corrected chi connectivity index (χ1v) is 9.17. The molecule has 0 bridgehead atoms. The molecule has 1 aromatic rings. The van der Waals surface area contributed by atoms with Crippen LogP contribution >= 0.6 is 0 Å². The molecule has 2 saturated heterocycles. The van der Waals surface area contributed by atoms with E-state index in [-0.39, 0.29) is 6.67 Å². The smallest absolute Gasteiger partial charge is 0.297 e. The highest BCUT2D eigenvalue weighted by Gasteiger charge is 2.44. The zero-order chi connectivity index (χ0) is 18.7. The number of nitrogens with zero attached hydrogens (tertiary/aromatic N) is 4. The lowest BCUT2D eigenvalue weighted by molar-refractivity contribution is -0.144. The second-order valence-electron chi connectivity index (χ2n) is 7.00. The minimum absolute atomic E-state index is 0.196. The van der Waals surface area contributed by atoms with Crippen LogP contribution in [0.3, 0.4) is 0 Å². The topological polar surface area (TPSA) is 64.2 Å². The number of benzene rings is 1. The number of hydrogen-bond acceptors (Lipinski definition) is 5. The van der Waals surface area contributed by atoms with Gasteiger partial charge in [-0.25, -0.2) is 9.69 Å². The zero-order valence-corrected chi connectivity index (χ0v) is 15.5. The Bertz CT molecular complexity index is 698. The summed E-state index contributed by atoms with van der Waals surface area (Å²) in [6.07, 6.45) is 0.649. The Morgan fingerprint density at radius 2 is 1.58 bits per heavy atom. The molecule has 0 N–H and O–H groups in total. The van der Waals surface area contributed by atoms with Crippen molar-refractivity contribution >= 4 is 17.8 Å². The van der Waals surface area contributed by atoms with E-state index in [1.807, 2.05) is 6.92 Å². The summed E-state index contributed by atoms with van der Waals surface area (Å²) in [7, 11) is 0. The maximum atomic E-state index is 12.3. The molecular formula is C19H26N4O3. The van der Waals surface area contributed by atoms with Gasteiger partial charge in [-0.1, -0.05) is 36.8 Å². The third-order valence-electron chi connectivity index (χ3n) is 4.88. The molecule has 0 spiro atoms. The van der Waals surface area contributed by atoms with E-state index < -0.39 is 17.8 Å². The van der Waals surface area contributed by atoms with Crippen LogP contribution in [0.25, 0.3) is 0 Å². The number of aryl methyl sites for hydroxylation is 1. The fraction of sp³-hybridized carbons (Fsp3) is 0.526. The molecule has 2 aliphatic heterocycles. The number of amides is 4. The number of carbonyl (C=O) groups is 3. The second kappa shape index (κ2) is 7.97. The first kappa shape index (κ1) is 18.5. The summed E-state index contributed by atoms with van der Waals surface area (Å²) in [6.45, 7) is 8.64. The number of imide groups is 2. The van der Waals surface area contributed by atoms with E-state index in [9.17, 15) is 14.4 Å². The Hall–Kier alpha value is -2.25. The average Bonchev–Trinajstić information content (AvgIpc) is 2.82. The number of urea groups is 1. The first-order valence-electron chi connectivity index (χ1n) is 9.17. The highest BCUT2D eigenvalue weighted by molar-refractivity contribution is 6.44. The normalized spacial score (nSPS) is 19.7. The van der Waals surface area contributed by atoms with Crippen molar-refractivity contribution in [2.75, 3.05) is 39.4 Å². The summed E-state index contributed by atoms with van der Waals surface area (Å²) in [5.41, 5.74) is 2.55. The molecule has 3 rings (SSSR count). The molecule has 2 heterocycles. The van der Waals surface area contributed by atoms with Gasteiger partial charge in [0, 0.05) is 39.3 Å². The SMILES string of the molecule is CCCN1C(=O)C(=O)N(CN2CCN(Cc3cccc(C)c3)CC2)C1=O. The first-order chi connectivity index (χ1) is 12.5. The third kappa shape index (κ3) is 3.94. The highest BCUT2D eigenvalue weighted by Crippen LogP contribution is 2.15. The van der Waals surface area contributed by atoms with Gasteiger partial charge >= 0.3 is 17.8 Å². The van der Waals surface area contributed by atoms with Crippen LogP contribution in [-0.2, 0) is 16.1 Å². The quantitative estimate of drug-likeness (QED) is 0.566. The molecule has 0 unspecified atom stereocenters. The number of piperazine rings is 1. The van der Waals surface area contributed by atoms with Crippen LogP contribution in [0.5, 0.6) is 0 Å². The molecule has 4 amide bonds. The molecule has 7 heteroatoms. The molecule has 0 saturated carbocycles. The van der Waals surface area contributed by atoms with E-state index in [0.717, 1.165) is 42.5 Å². The molecule has 0 aliphatic carbocycles. The van der Waals surface area contributed by atoms with E-state index in [1.165, 1.54) is 11.1 Å². The van der Waals surface area contributed by atoms with Gasteiger partial charge in [0.2, 0.25) is 0 Å². The average molecular weight is 358 g/mol. The molecule has 2 fully saturated rings. The Labute approximate surface area is 154 Å². The van der Waals surface area contributed by atoms with Crippen molar-refractivity contribution in [1.29, 1.82) is 0 Å². The largest absolute Gasteiger partial charge is 0.335 e. The minimum Gasteiger partial charge on any atom is -0.297 e. The van der Waals surface area contributed by atoms with Crippen molar-refractivity contribution < 1.29 is 14.4 Å². The summed E-state index contributed by atoms with van der Waals surface area (Å²) in [5, 5.41) is 0. The maximum Gasteiger partial charge on any atom is 0.335 e. The summed E-state index contributed by atoms with van der Waals surface area (Å²) >= 11 is 0. The Kier molecular flexibility index (Phi) is 5.68. The van der Waals surface area contributed by atoms with E-state index in [1.54, 1.807) is 0 Å². The molecule has 0 radical (unpaired) electrons. The minimum atomic E-state index is -0.703. The van der Waals surface area contributed by atoms with Crippen LogP contribution in [0.4, 0.5) is 4.79 Å². The van der Waals surface area contributed by atoms with Gasteiger partial charge in [-0.05, 0) is 18.9 Å². The monoisotopic (exact) mass is 358 g/mol. The maximum absolute atomic E-state index is 12.3. The Balaban J connectivity index is 1.52. The van der Waals surface area contributed by atoms with Gasteiger partial charge in [-0.15, -0.1) is 0 Å².